The molecule has 1 N–H and O–H groups in total. The number of sulfonamides is 1. The van der Waals surface area contributed by atoms with Crippen LogP contribution in [-0.2, 0) is 16.4 Å². The first-order chi connectivity index (χ1) is 11.9. The van der Waals surface area contributed by atoms with E-state index in [0.29, 0.717) is 17.8 Å². The molecule has 7 heteroatoms. The Morgan fingerprint density at radius 1 is 1.24 bits per heavy atom. The number of fused-ring (bicyclic) bond motifs is 1. The van der Waals surface area contributed by atoms with Crippen molar-refractivity contribution in [3.63, 3.8) is 0 Å². The third kappa shape index (κ3) is 3.82. The second-order valence-electron chi connectivity index (χ2n) is 6.26. The minimum atomic E-state index is -3.30. The fourth-order valence-corrected chi connectivity index (χ4v) is 4.06. The van der Waals surface area contributed by atoms with Crippen molar-refractivity contribution in [1.29, 1.82) is 0 Å². The molecule has 132 valence electrons. The summed E-state index contributed by atoms with van der Waals surface area (Å²) >= 11 is 0. The first-order valence-electron chi connectivity index (χ1n) is 8.17. The zero-order chi connectivity index (χ0) is 18.0. The number of anilines is 1. The van der Waals surface area contributed by atoms with E-state index in [0.717, 1.165) is 24.0 Å². The van der Waals surface area contributed by atoms with Gasteiger partial charge in [-0.2, -0.15) is 0 Å². The standard InChI is InChI=1S/C18H21N3O3S/c1-13(14-7-9-19-10-8-14)20-18(22)16-5-6-17-15(12-16)4-3-11-21(17)25(2,23)24/h5-10,12-13H,3-4,11H2,1-2H3,(H,20,22)/t13-/m1/s1. The van der Waals surface area contributed by atoms with Crippen LogP contribution in [0.15, 0.2) is 42.7 Å². The van der Waals surface area contributed by atoms with E-state index in [9.17, 15) is 13.2 Å². The van der Waals surface area contributed by atoms with E-state index in [1.54, 1.807) is 30.6 Å². The normalized spacial score (nSPS) is 15.4. The number of aromatic nitrogens is 1. The number of pyridine rings is 1. The van der Waals surface area contributed by atoms with Crippen LogP contribution in [0.3, 0.4) is 0 Å². The van der Waals surface area contributed by atoms with Crippen LogP contribution in [-0.4, -0.2) is 32.1 Å². The zero-order valence-electron chi connectivity index (χ0n) is 14.3. The fourth-order valence-electron chi connectivity index (χ4n) is 3.06. The van der Waals surface area contributed by atoms with E-state index in [1.807, 2.05) is 19.1 Å². The Kier molecular flexibility index (Phi) is 4.76. The van der Waals surface area contributed by atoms with Crippen LogP contribution in [0.2, 0.25) is 0 Å². The smallest absolute Gasteiger partial charge is 0.251 e. The van der Waals surface area contributed by atoms with Gasteiger partial charge in [0, 0.05) is 24.5 Å². The maximum absolute atomic E-state index is 12.5. The second kappa shape index (κ2) is 6.84. The molecule has 1 amide bonds. The van der Waals surface area contributed by atoms with Gasteiger partial charge in [-0.3, -0.25) is 14.1 Å². The molecule has 0 unspecified atom stereocenters. The van der Waals surface area contributed by atoms with E-state index < -0.39 is 10.0 Å². The zero-order valence-corrected chi connectivity index (χ0v) is 15.1. The lowest BCUT2D eigenvalue weighted by Gasteiger charge is -2.29. The molecule has 1 aliphatic rings. The summed E-state index contributed by atoms with van der Waals surface area (Å²) in [5, 5.41) is 2.96. The average Bonchev–Trinajstić information content (AvgIpc) is 2.60. The highest BCUT2D eigenvalue weighted by molar-refractivity contribution is 7.92. The molecule has 0 saturated heterocycles. The van der Waals surface area contributed by atoms with Crippen LogP contribution >= 0.6 is 0 Å². The Morgan fingerprint density at radius 2 is 1.96 bits per heavy atom. The molecule has 25 heavy (non-hydrogen) atoms. The minimum absolute atomic E-state index is 0.140. The Labute approximate surface area is 147 Å². The molecule has 0 spiro atoms. The van der Waals surface area contributed by atoms with Crippen molar-refractivity contribution >= 4 is 21.6 Å². The van der Waals surface area contributed by atoms with Gasteiger partial charge in [0.1, 0.15) is 0 Å². The lowest BCUT2D eigenvalue weighted by atomic mass is 10.00. The molecule has 0 radical (unpaired) electrons. The molecular formula is C18H21N3O3S. The summed E-state index contributed by atoms with van der Waals surface area (Å²) in [6.07, 6.45) is 6.10. The van der Waals surface area contributed by atoms with Crippen molar-refractivity contribution in [1.82, 2.24) is 10.3 Å². The molecular weight excluding hydrogens is 338 g/mol. The van der Waals surface area contributed by atoms with Crippen LogP contribution in [0.5, 0.6) is 0 Å². The SMILES string of the molecule is C[C@@H](NC(=O)c1ccc2c(c1)CCCN2S(C)(=O)=O)c1ccncc1. The molecule has 2 aromatic rings. The molecule has 1 aromatic carbocycles. The Bertz CT molecular complexity index is 882. The summed E-state index contributed by atoms with van der Waals surface area (Å²) in [5.74, 6) is -0.177. The quantitative estimate of drug-likeness (QED) is 0.908. The van der Waals surface area contributed by atoms with Crippen molar-refractivity contribution in [2.24, 2.45) is 0 Å². The van der Waals surface area contributed by atoms with Gasteiger partial charge in [0.05, 0.1) is 18.0 Å². The average molecular weight is 359 g/mol. The molecule has 2 heterocycles. The van der Waals surface area contributed by atoms with Gasteiger partial charge in [-0.15, -0.1) is 0 Å². The number of nitrogens with one attached hydrogen (secondary N) is 1. The summed E-state index contributed by atoms with van der Waals surface area (Å²) in [4.78, 5) is 16.5. The van der Waals surface area contributed by atoms with Gasteiger partial charge < -0.3 is 5.32 Å². The number of benzene rings is 1. The Morgan fingerprint density at radius 3 is 2.64 bits per heavy atom. The molecule has 1 aromatic heterocycles. The number of hydrogen-bond donors (Lipinski definition) is 1. The van der Waals surface area contributed by atoms with E-state index in [-0.39, 0.29) is 11.9 Å². The molecule has 0 bridgehead atoms. The molecule has 1 aliphatic heterocycles. The number of carbonyl (C=O) groups is 1. The lowest BCUT2D eigenvalue weighted by Crippen LogP contribution is -2.35. The second-order valence-corrected chi connectivity index (χ2v) is 8.16. The Hall–Kier alpha value is -2.41. The van der Waals surface area contributed by atoms with Gasteiger partial charge in [-0.05, 0) is 61.2 Å². The highest BCUT2D eigenvalue weighted by Crippen LogP contribution is 2.30. The maximum Gasteiger partial charge on any atom is 0.251 e. The number of amides is 1. The number of hydrogen-bond acceptors (Lipinski definition) is 4. The molecule has 3 rings (SSSR count). The van der Waals surface area contributed by atoms with E-state index >= 15 is 0 Å². The van der Waals surface area contributed by atoms with E-state index in [4.69, 9.17) is 0 Å². The van der Waals surface area contributed by atoms with Crippen LogP contribution < -0.4 is 9.62 Å². The van der Waals surface area contributed by atoms with Gasteiger partial charge in [-0.25, -0.2) is 8.42 Å². The van der Waals surface area contributed by atoms with Gasteiger partial charge in [0.2, 0.25) is 10.0 Å². The van der Waals surface area contributed by atoms with Gasteiger partial charge in [0.15, 0.2) is 0 Å². The fraction of sp³-hybridized carbons (Fsp3) is 0.333. The third-order valence-corrected chi connectivity index (χ3v) is 5.55. The number of rotatable bonds is 4. The monoisotopic (exact) mass is 359 g/mol. The lowest BCUT2D eigenvalue weighted by molar-refractivity contribution is 0.0939. The number of nitrogens with zero attached hydrogens (tertiary/aromatic N) is 2. The summed E-state index contributed by atoms with van der Waals surface area (Å²) in [6, 6.07) is 8.78. The van der Waals surface area contributed by atoms with Crippen LogP contribution in [0.4, 0.5) is 5.69 Å². The first kappa shape index (κ1) is 17.4. The van der Waals surface area contributed by atoms with Crippen LogP contribution in [0.1, 0.15) is 40.9 Å². The van der Waals surface area contributed by atoms with Gasteiger partial charge >= 0.3 is 0 Å². The predicted octanol–water partition coefficient (Wildman–Crippen LogP) is 2.28. The van der Waals surface area contributed by atoms with Crippen molar-refractivity contribution in [2.75, 3.05) is 17.1 Å². The topological polar surface area (TPSA) is 79.4 Å². The number of aryl methyl sites for hydroxylation is 1. The maximum atomic E-state index is 12.5. The largest absolute Gasteiger partial charge is 0.346 e. The van der Waals surface area contributed by atoms with E-state index in [2.05, 4.69) is 10.3 Å². The molecule has 0 aliphatic carbocycles. The molecule has 1 atom stereocenters. The van der Waals surface area contributed by atoms with Crippen molar-refractivity contribution in [3.05, 3.63) is 59.4 Å². The van der Waals surface area contributed by atoms with Crippen LogP contribution in [0.25, 0.3) is 0 Å². The van der Waals surface area contributed by atoms with Crippen LogP contribution in [0, 0.1) is 0 Å². The Balaban J connectivity index is 1.81. The van der Waals surface area contributed by atoms with Gasteiger partial charge in [0.25, 0.3) is 5.91 Å². The van der Waals surface area contributed by atoms with Gasteiger partial charge in [-0.1, -0.05) is 0 Å². The minimum Gasteiger partial charge on any atom is -0.346 e. The highest BCUT2D eigenvalue weighted by Gasteiger charge is 2.24. The molecule has 0 fully saturated rings. The van der Waals surface area contributed by atoms with E-state index in [1.165, 1.54) is 10.6 Å². The summed E-state index contributed by atoms with van der Waals surface area (Å²) in [6.45, 7) is 2.40. The van der Waals surface area contributed by atoms with Crippen molar-refractivity contribution < 1.29 is 13.2 Å². The molecule has 6 nitrogen and oxygen atoms in total. The highest BCUT2D eigenvalue weighted by atomic mass is 32.2. The number of carbonyl (C=O) groups excluding carboxylic acids is 1. The summed E-state index contributed by atoms with van der Waals surface area (Å²) in [7, 11) is -3.30. The summed E-state index contributed by atoms with van der Waals surface area (Å²) in [5.41, 5.74) is 3.08. The first-order valence-corrected chi connectivity index (χ1v) is 10.0. The predicted molar refractivity (Wildman–Crippen MR) is 97.1 cm³/mol. The van der Waals surface area contributed by atoms with Crippen molar-refractivity contribution in [3.8, 4) is 0 Å². The molecule has 0 saturated carbocycles. The van der Waals surface area contributed by atoms with Crippen molar-refractivity contribution in [2.45, 2.75) is 25.8 Å². The third-order valence-electron chi connectivity index (χ3n) is 4.37. The summed E-state index contributed by atoms with van der Waals surface area (Å²) < 4.78 is 25.2.